The second-order valence-corrected chi connectivity index (χ2v) is 17.8. The fraction of sp³-hybridized carbons (Fsp3) is 0.0323. The van der Waals surface area contributed by atoms with Crippen LogP contribution in [-0.2, 0) is 10.8 Å². The smallest absolute Gasteiger partial charge is 0.194 e. The van der Waals surface area contributed by atoms with Gasteiger partial charge in [-0.3, -0.25) is 0 Å². The van der Waals surface area contributed by atoms with Gasteiger partial charge < -0.3 is 14.4 Å². The van der Waals surface area contributed by atoms with E-state index in [1.165, 1.54) is 77.9 Å². The molecule has 3 nitrogen and oxygen atoms in total. The van der Waals surface area contributed by atoms with Crippen molar-refractivity contribution in [1.29, 1.82) is 0 Å². The Labute approximate surface area is 377 Å². The molecule has 4 aliphatic carbocycles. The first-order chi connectivity index (χ1) is 32.3. The number of hydrogen-bond acceptors (Lipinski definition) is 3. The Bertz CT molecular complexity index is 3610. The van der Waals surface area contributed by atoms with Crippen LogP contribution in [0.15, 0.2) is 224 Å². The molecule has 65 heavy (non-hydrogen) atoms. The van der Waals surface area contributed by atoms with Gasteiger partial charge in [-0.1, -0.05) is 188 Å². The number of fused-ring (bicyclic) bond motifs is 23. The van der Waals surface area contributed by atoms with Crippen molar-refractivity contribution in [3.63, 3.8) is 0 Å². The third-order valence-electron chi connectivity index (χ3n) is 15.0. The summed E-state index contributed by atoms with van der Waals surface area (Å²) in [5.41, 5.74) is 22.1. The highest BCUT2D eigenvalue weighted by Crippen LogP contribution is 2.68. The SMILES string of the molecule is c1ccc(N(c2cccc3c2Oc2c(ccc4c2-c2ccccc2C42c4ccccc4-c4ccccc42)O3)c2cccc3c2-c2ccccc2C32c3ccccc3-c3ccccc32)cc1. The van der Waals surface area contributed by atoms with Gasteiger partial charge in [-0.25, -0.2) is 0 Å². The molecule has 0 fully saturated rings. The molecule has 302 valence electrons. The Morgan fingerprint density at radius 3 is 1.22 bits per heavy atom. The number of hydrogen-bond donors (Lipinski definition) is 0. The van der Waals surface area contributed by atoms with E-state index in [0.717, 1.165) is 33.9 Å². The van der Waals surface area contributed by atoms with Gasteiger partial charge in [-0.15, -0.1) is 0 Å². The molecule has 2 spiro atoms. The van der Waals surface area contributed by atoms with Crippen molar-refractivity contribution >= 4 is 17.1 Å². The first kappa shape index (κ1) is 35.1. The number of anilines is 3. The van der Waals surface area contributed by atoms with Crippen molar-refractivity contribution in [3.8, 4) is 67.5 Å². The van der Waals surface area contributed by atoms with Gasteiger partial charge in [-0.05, 0) is 114 Å². The summed E-state index contributed by atoms with van der Waals surface area (Å²) >= 11 is 0. The Hall–Kier alpha value is -8.40. The summed E-state index contributed by atoms with van der Waals surface area (Å²) < 4.78 is 14.5. The van der Waals surface area contributed by atoms with Crippen molar-refractivity contribution < 1.29 is 9.47 Å². The van der Waals surface area contributed by atoms with Crippen LogP contribution in [0.3, 0.4) is 0 Å². The summed E-state index contributed by atoms with van der Waals surface area (Å²) in [7, 11) is 0. The normalized spacial score (nSPS) is 14.6. The number of rotatable bonds is 3. The highest BCUT2D eigenvalue weighted by Gasteiger charge is 2.54. The Morgan fingerprint density at radius 2 is 0.662 bits per heavy atom. The number of ether oxygens (including phenoxy) is 2. The molecule has 1 heterocycles. The summed E-state index contributed by atoms with van der Waals surface area (Å²) in [6.45, 7) is 0. The number of benzene rings is 10. The summed E-state index contributed by atoms with van der Waals surface area (Å²) in [4.78, 5) is 2.39. The van der Waals surface area contributed by atoms with Crippen LogP contribution in [0.25, 0.3) is 44.5 Å². The zero-order chi connectivity index (χ0) is 42.4. The predicted octanol–water partition coefficient (Wildman–Crippen LogP) is 15.7. The maximum Gasteiger partial charge on any atom is 0.194 e. The zero-order valence-electron chi connectivity index (χ0n) is 35.1. The molecular weight excluding hydrogens is 791 g/mol. The minimum Gasteiger partial charge on any atom is -0.449 e. The lowest BCUT2D eigenvalue weighted by Crippen LogP contribution is -2.26. The van der Waals surface area contributed by atoms with Gasteiger partial charge in [0.25, 0.3) is 0 Å². The molecule has 0 saturated carbocycles. The van der Waals surface area contributed by atoms with E-state index in [-0.39, 0.29) is 0 Å². The van der Waals surface area contributed by atoms with Gasteiger partial charge in [-0.2, -0.15) is 0 Å². The van der Waals surface area contributed by atoms with Crippen LogP contribution < -0.4 is 14.4 Å². The minimum absolute atomic E-state index is 0.479. The average molecular weight is 828 g/mol. The largest absolute Gasteiger partial charge is 0.449 e. The van der Waals surface area contributed by atoms with E-state index in [1.54, 1.807) is 0 Å². The molecule has 5 aliphatic rings. The van der Waals surface area contributed by atoms with Gasteiger partial charge >= 0.3 is 0 Å². The first-order valence-corrected chi connectivity index (χ1v) is 22.5. The molecule has 0 saturated heterocycles. The standard InChI is InChI=1S/C62H37NO2/c1-2-18-38(19-3-1)63(53-33-16-32-51-57(53)43-24-8-14-30-49(43)61(51)45-26-10-4-20-39(45)40-21-5-11-27-46(40)61)54-34-17-35-55-59(54)65-60-56(64-55)37-36-52-58(60)44-25-9-15-31-50(44)62(52)47-28-12-6-22-41(47)42-23-7-13-29-48(42)62/h1-37H. The zero-order valence-corrected chi connectivity index (χ0v) is 35.1. The van der Waals surface area contributed by atoms with Crippen LogP contribution in [0, 0.1) is 0 Å². The molecule has 0 aromatic heterocycles. The van der Waals surface area contributed by atoms with Crippen molar-refractivity contribution in [2.75, 3.05) is 4.90 Å². The molecule has 10 aromatic rings. The van der Waals surface area contributed by atoms with E-state index in [9.17, 15) is 0 Å². The van der Waals surface area contributed by atoms with Crippen LogP contribution >= 0.6 is 0 Å². The fourth-order valence-corrected chi connectivity index (χ4v) is 12.7. The van der Waals surface area contributed by atoms with E-state index in [1.807, 2.05) is 6.07 Å². The van der Waals surface area contributed by atoms with Gasteiger partial charge in [0, 0.05) is 16.8 Å². The fourth-order valence-electron chi connectivity index (χ4n) is 12.7. The molecule has 1 aliphatic heterocycles. The lowest BCUT2D eigenvalue weighted by atomic mass is 9.70. The molecule has 10 aromatic carbocycles. The van der Waals surface area contributed by atoms with E-state index < -0.39 is 10.8 Å². The van der Waals surface area contributed by atoms with Crippen LogP contribution in [0.2, 0.25) is 0 Å². The number of nitrogens with zero attached hydrogens (tertiary/aromatic N) is 1. The molecule has 0 radical (unpaired) electrons. The van der Waals surface area contributed by atoms with E-state index in [0.29, 0.717) is 17.2 Å². The molecule has 15 rings (SSSR count). The van der Waals surface area contributed by atoms with Crippen molar-refractivity contribution in [3.05, 3.63) is 269 Å². The molecule has 0 N–H and O–H groups in total. The van der Waals surface area contributed by atoms with Gasteiger partial charge in [0.1, 0.15) is 0 Å². The maximum absolute atomic E-state index is 7.52. The molecule has 0 atom stereocenters. The topological polar surface area (TPSA) is 21.7 Å². The van der Waals surface area contributed by atoms with Crippen molar-refractivity contribution in [2.24, 2.45) is 0 Å². The van der Waals surface area contributed by atoms with Crippen LogP contribution in [-0.4, -0.2) is 0 Å². The molecule has 3 heteroatoms. The first-order valence-electron chi connectivity index (χ1n) is 22.5. The lowest BCUT2D eigenvalue weighted by Gasteiger charge is -2.33. The van der Waals surface area contributed by atoms with Crippen molar-refractivity contribution in [1.82, 2.24) is 0 Å². The highest BCUT2D eigenvalue weighted by molar-refractivity contribution is 6.03. The number of para-hydroxylation sites is 2. The third-order valence-corrected chi connectivity index (χ3v) is 15.0. The average Bonchev–Trinajstić information content (AvgIpc) is 4.06. The monoisotopic (exact) mass is 827 g/mol. The van der Waals surface area contributed by atoms with Gasteiger partial charge in [0.15, 0.2) is 23.0 Å². The second-order valence-electron chi connectivity index (χ2n) is 17.8. The molecule has 0 amide bonds. The van der Waals surface area contributed by atoms with E-state index in [2.05, 4.69) is 223 Å². The quantitative estimate of drug-likeness (QED) is 0.177. The van der Waals surface area contributed by atoms with E-state index in [4.69, 9.17) is 9.47 Å². The van der Waals surface area contributed by atoms with Crippen molar-refractivity contribution in [2.45, 2.75) is 10.8 Å². The van der Waals surface area contributed by atoms with Gasteiger partial charge in [0.05, 0.1) is 22.2 Å². The Balaban J connectivity index is 0.967. The van der Waals surface area contributed by atoms with Crippen LogP contribution in [0.5, 0.6) is 23.0 Å². The predicted molar refractivity (Wildman–Crippen MR) is 260 cm³/mol. The van der Waals surface area contributed by atoms with Gasteiger partial charge in [0.2, 0.25) is 0 Å². The summed E-state index contributed by atoms with van der Waals surface area (Å²) in [6, 6.07) is 82.0. The summed E-state index contributed by atoms with van der Waals surface area (Å²) in [5.74, 6) is 2.80. The van der Waals surface area contributed by atoms with E-state index >= 15 is 0 Å². The Morgan fingerprint density at radius 1 is 0.262 bits per heavy atom. The second kappa shape index (κ2) is 12.6. The van der Waals surface area contributed by atoms with Crippen LogP contribution in [0.1, 0.15) is 44.5 Å². The molecular formula is C62H37NO2. The molecule has 0 unspecified atom stereocenters. The maximum atomic E-state index is 7.52. The third kappa shape index (κ3) is 4.22. The highest BCUT2D eigenvalue weighted by atomic mass is 16.6. The summed E-state index contributed by atoms with van der Waals surface area (Å²) in [6.07, 6.45) is 0. The Kier molecular flexibility index (Phi) is 6.82. The van der Waals surface area contributed by atoms with Crippen LogP contribution in [0.4, 0.5) is 17.1 Å². The molecule has 0 bridgehead atoms. The lowest BCUT2D eigenvalue weighted by molar-refractivity contribution is 0.361. The minimum atomic E-state index is -0.501. The summed E-state index contributed by atoms with van der Waals surface area (Å²) in [5, 5.41) is 0.